The highest BCUT2D eigenvalue weighted by atomic mass is 16.2. The molecule has 9 nitrogen and oxygen atoms in total. The highest BCUT2D eigenvalue weighted by molar-refractivity contribution is 6.09. The van der Waals surface area contributed by atoms with Gasteiger partial charge in [0.25, 0.3) is 5.91 Å². The summed E-state index contributed by atoms with van der Waals surface area (Å²) in [7, 11) is 1.72. The van der Waals surface area contributed by atoms with E-state index in [9.17, 15) is 4.79 Å². The summed E-state index contributed by atoms with van der Waals surface area (Å²) < 4.78 is 0. The molecular formula is C17H14N8O. The number of H-pyrrole nitrogens is 2. The predicted molar refractivity (Wildman–Crippen MR) is 94.2 cm³/mol. The maximum atomic E-state index is 13.1. The van der Waals surface area contributed by atoms with E-state index >= 15 is 0 Å². The molecule has 1 amide bonds. The zero-order chi connectivity index (χ0) is 17.9. The van der Waals surface area contributed by atoms with Crippen LogP contribution in [0.3, 0.4) is 0 Å². The second-order valence-electron chi connectivity index (χ2n) is 5.53. The number of nitrogens with one attached hydrogen (secondary N) is 2. The Morgan fingerprint density at radius 2 is 2.00 bits per heavy atom. The summed E-state index contributed by atoms with van der Waals surface area (Å²) in [5, 5.41) is 20.6. The Hall–Kier alpha value is -3.88. The number of carbonyl (C=O) groups is 1. The third-order valence-corrected chi connectivity index (χ3v) is 3.97. The SMILES string of the molecule is CN(C(=O)c1ccccc1-c1ncn[nH]1)c1cccc(-c2nn[nH]n2)c1. The van der Waals surface area contributed by atoms with Crippen LogP contribution in [0.1, 0.15) is 10.4 Å². The van der Waals surface area contributed by atoms with E-state index in [1.807, 2.05) is 42.5 Å². The second kappa shape index (κ2) is 6.55. The molecule has 2 heterocycles. The first-order valence-corrected chi connectivity index (χ1v) is 7.81. The molecule has 128 valence electrons. The zero-order valence-electron chi connectivity index (χ0n) is 13.8. The van der Waals surface area contributed by atoms with Gasteiger partial charge in [0.05, 0.1) is 5.56 Å². The van der Waals surface area contributed by atoms with E-state index in [0.717, 1.165) is 5.56 Å². The van der Waals surface area contributed by atoms with Crippen molar-refractivity contribution in [3.63, 3.8) is 0 Å². The van der Waals surface area contributed by atoms with Crippen LogP contribution in [0, 0.1) is 0 Å². The molecule has 0 saturated carbocycles. The van der Waals surface area contributed by atoms with Crippen molar-refractivity contribution in [3.05, 3.63) is 60.4 Å². The first-order valence-electron chi connectivity index (χ1n) is 7.81. The second-order valence-corrected chi connectivity index (χ2v) is 5.53. The van der Waals surface area contributed by atoms with Crippen LogP contribution in [0.4, 0.5) is 5.69 Å². The standard InChI is InChI=1S/C17H14N8O/c1-25(12-6-4-5-11(9-12)15-21-23-24-22-15)17(26)14-8-3-2-7-13(14)16-18-10-19-20-16/h2-10H,1H3,(H,18,19,20)(H,21,22,23,24). The molecule has 0 atom stereocenters. The number of amides is 1. The number of anilines is 1. The molecule has 0 spiro atoms. The monoisotopic (exact) mass is 346 g/mol. The Morgan fingerprint density at radius 1 is 1.12 bits per heavy atom. The Kier molecular flexibility index (Phi) is 3.94. The number of hydrogen-bond acceptors (Lipinski definition) is 6. The molecular weight excluding hydrogens is 332 g/mol. The fourth-order valence-electron chi connectivity index (χ4n) is 2.65. The van der Waals surface area contributed by atoms with E-state index in [4.69, 9.17) is 0 Å². The van der Waals surface area contributed by atoms with Gasteiger partial charge >= 0.3 is 0 Å². The van der Waals surface area contributed by atoms with Crippen LogP contribution in [0.25, 0.3) is 22.8 Å². The van der Waals surface area contributed by atoms with Gasteiger partial charge in [-0.2, -0.15) is 10.3 Å². The molecule has 0 fully saturated rings. The van der Waals surface area contributed by atoms with Gasteiger partial charge in [-0.25, -0.2) is 4.98 Å². The molecule has 0 radical (unpaired) electrons. The van der Waals surface area contributed by atoms with Crippen LogP contribution in [-0.2, 0) is 0 Å². The molecule has 0 saturated heterocycles. The largest absolute Gasteiger partial charge is 0.311 e. The van der Waals surface area contributed by atoms with Gasteiger partial charge in [-0.15, -0.1) is 10.2 Å². The fraction of sp³-hybridized carbons (Fsp3) is 0.0588. The lowest BCUT2D eigenvalue weighted by molar-refractivity contribution is 0.0993. The van der Waals surface area contributed by atoms with Gasteiger partial charge in [-0.05, 0) is 23.4 Å². The van der Waals surface area contributed by atoms with Crippen molar-refractivity contribution in [3.8, 4) is 22.8 Å². The van der Waals surface area contributed by atoms with E-state index in [1.165, 1.54) is 6.33 Å². The van der Waals surface area contributed by atoms with Gasteiger partial charge in [0.1, 0.15) is 6.33 Å². The number of rotatable bonds is 4. The number of tetrazole rings is 1. The highest BCUT2D eigenvalue weighted by Gasteiger charge is 2.19. The summed E-state index contributed by atoms with van der Waals surface area (Å²) in [6.07, 6.45) is 1.41. The minimum atomic E-state index is -0.165. The van der Waals surface area contributed by atoms with Crippen LogP contribution < -0.4 is 4.90 Å². The zero-order valence-corrected chi connectivity index (χ0v) is 13.8. The molecule has 0 bridgehead atoms. The van der Waals surface area contributed by atoms with Crippen LogP contribution in [0.5, 0.6) is 0 Å². The van der Waals surface area contributed by atoms with Crippen molar-refractivity contribution in [2.75, 3.05) is 11.9 Å². The summed E-state index contributed by atoms with van der Waals surface area (Å²) in [4.78, 5) is 18.8. The summed E-state index contributed by atoms with van der Waals surface area (Å²) >= 11 is 0. The number of benzene rings is 2. The molecule has 26 heavy (non-hydrogen) atoms. The van der Waals surface area contributed by atoms with Gasteiger partial charge in [-0.3, -0.25) is 9.89 Å². The Labute approximate surface area is 148 Å². The van der Waals surface area contributed by atoms with Crippen molar-refractivity contribution in [2.24, 2.45) is 0 Å². The number of aromatic amines is 2. The lowest BCUT2D eigenvalue weighted by Gasteiger charge is -2.19. The first kappa shape index (κ1) is 15.6. The average Bonchev–Trinajstić information content (AvgIpc) is 3.41. The summed E-state index contributed by atoms with van der Waals surface area (Å²) in [6.45, 7) is 0. The number of nitrogens with zero attached hydrogens (tertiary/aromatic N) is 6. The third-order valence-electron chi connectivity index (χ3n) is 3.97. The topological polar surface area (TPSA) is 116 Å². The van der Waals surface area contributed by atoms with Gasteiger partial charge in [0, 0.05) is 23.9 Å². The van der Waals surface area contributed by atoms with Crippen LogP contribution >= 0.6 is 0 Å². The predicted octanol–water partition coefficient (Wildman–Crippen LogP) is 1.93. The molecule has 2 aromatic heterocycles. The number of carbonyl (C=O) groups excluding carboxylic acids is 1. The Balaban J connectivity index is 1.69. The molecule has 0 aliphatic rings. The van der Waals surface area contributed by atoms with E-state index in [1.54, 1.807) is 18.0 Å². The molecule has 2 aromatic carbocycles. The normalized spacial score (nSPS) is 10.7. The molecule has 2 N–H and O–H groups in total. The van der Waals surface area contributed by atoms with E-state index in [2.05, 4.69) is 35.8 Å². The molecule has 4 aromatic rings. The summed E-state index contributed by atoms with van der Waals surface area (Å²) in [5.41, 5.74) is 2.69. The third kappa shape index (κ3) is 2.81. The number of aromatic nitrogens is 7. The summed E-state index contributed by atoms with van der Waals surface area (Å²) in [5.74, 6) is 0.847. The maximum Gasteiger partial charge on any atom is 0.258 e. The lowest BCUT2D eigenvalue weighted by atomic mass is 10.1. The quantitative estimate of drug-likeness (QED) is 0.583. The van der Waals surface area contributed by atoms with Gasteiger partial charge in [-0.1, -0.05) is 30.3 Å². The van der Waals surface area contributed by atoms with E-state index in [0.29, 0.717) is 28.5 Å². The van der Waals surface area contributed by atoms with E-state index < -0.39 is 0 Å². The summed E-state index contributed by atoms with van der Waals surface area (Å²) in [6, 6.07) is 14.6. The van der Waals surface area contributed by atoms with Crippen LogP contribution in [0.2, 0.25) is 0 Å². The molecule has 0 aliphatic carbocycles. The smallest absolute Gasteiger partial charge is 0.258 e. The lowest BCUT2D eigenvalue weighted by Crippen LogP contribution is -2.26. The fourth-order valence-corrected chi connectivity index (χ4v) is 2.65. The minimum absolute atomic E-state index is 0.165. The minimum Gasteiger partial charge on any atom is -0.311 e. The van der Waals surface area contributed by atoms with Crippen molar-refractivity contribution >= 4 is 11.6 Å². The number of hydrogen-bond donors (Lipinski definition) is 2. The molecule has 9 heteroatoms. The van der Waals surface area contributed by atoms with Gasteiger partial charge in [0.15, 0.2) is 5.82 Å². The van der Waals surface area contributed by atoms with Crippen LogP contribution in [-0.4, -0.2) is 48.8 Å². The Morgan fingerprint density at radius 3 is 2.77 bits per heavy atom. The van der Waals surface area contributed by atoms with E-state index in [-0.39, 0.29) is 5.91 Å². The van der Waals surface area contributed by atoms with Crippen LogP contribution in [0.15, 0.2) is 54.9 Å². The first-order chi connectivity index (χ1) is 12.7. The van der Waals surface area contributed by atoms with Crippen molar-refractivity contribution < 1.29 is 4.79 Å². The van der Waals surface area contributed by atoms with Crippen molar-refractivity contribution in [1.29, 1.82) is 0 Å². The highest BCUT2D eigenvalue weighted by Crippen LogP contribution is 2.25. The Bertz CT molecular complexity index is 1030. The molecule has 0 unspecified atom stereocenters. The van der Waals surface area contributed by atoms with Crippen molar-refractivity contribution in [1.82, 2.24) is 35.8 Å². The van der Waals surface area contributed by atoms with Gasteiger partial charge in [0.2, 0.25) is 5.82 Å². The average molecular weight is 346 g/mol. The molecule has 0 aliphatic heterocycles. The van der Waals surface area contributed by atoms with Gasteiger partial charge < -0.3 is 4.90 Å². The maximum absolute atomic E-state index is 13.1. The molecule has 4 rings (SSSR count). The van der Waals surface area contributed by atoms with Crippen molar-refractivity contribution in [2.45, 2.75) is 0 Å².